The minimum atomic E-state index is -0.191. The summed E-state index contributed by atoms with van der Waals surface area (Å²) < 4.78 is 0. The molecule has 2 heteroatoms. The number of benzene rings is 1. The Morgan fingerprint density at radius 1 is 1.17 bits per heavy atom. The molecule has 0 bridgehead atoms. The number of rotatable bonds is 5. The number of nitrogens with one attached hydrogen (secondary N) is 1. The first-order valence-corrected chi connectivity index (χ1v) is 7.14. The molecule has 1 aliphatic carbocycles. The molecule has 2 nitrogen and oxygen atoms in total. The molecule has 2 N–H and O–H groups in total. The Labute approximate surface area is 110 Å². The van der Waals surface area contributed by atoms with Crippen molar-refractivity contribution in [2.75, 3.05) is 6.61 Å². The van der Waals surface area contributed by atoms with Crippen LogP contribution >= 0.6 is 0 Å². The molecule has 0 heterocycles. The highest BCUT2D eigenvalue weighted by Crippen LogP contribution is 2.21. The summed E-state index contributed by atoms with van der Waals surface area (Å²) in [4.78, 5) is 0. The van der Waals surface area contributed by atoms with Crippen LogP contribution in [0.1, 0.15) is 44.6 Å². The quantitative estimate of drug-likeness (QED) is 0.838. The third-order valence-corrected chi connectivity index (χ3v) is 3.94. The highest BCUT2D eigenvalue weighted by molar-refractivity contribution is 5.17. The number of aliphatic hydroxyl groups excluding tert-OH is 1. The average Bonchev–Trinajstić information content (AvgIpc) is 2.41. The first-order valence-electron chi connectivity index (χ1n) is 7.14. The van der Waals surface area contributed by atoms with Crippen molar-refractivity contribution in [1.82, 2.24) is 5.32 Å². The van der Waals surface area contributed by atoms with Gasteiger partial charge in [-0.25, -0.2) is 0 Å². The molecule has 2 rings (SSSR count). The Balaban J connectivity index is 1.96. The van der Waals surface area contributed by atoms with Gasteiger partial charge in [0.1, 0.15) is 0 Å². The molecule has 0 amide bonds. The van der Waals surface area contributed by atoms with Crippen molar-refractivity contribution in [3.8, 4) is 0 Å². The van der Waals surface area contributed by atoms with Gasteiger partial charge in [-0.05, 0) is 31.7 Å². The molecule has 1 atom stereocenters. The van der Waals surface area contributed by atoms with Crippen molar-refractivity contribution in [2.45, 2.75) is 57.0 Å². The number of aliphatic hydroxyl groups is 1. The summed E-state index contributed by atoms with van der Waals surface area (Å²) in [6.45, 7) is 2.33. The molecule has 100 valence electrons. The third kappa shape index (κ3) is 3.82. The smallest absolute Gasteiger partial charge is 0.0613 e. The number of hydrogen-bond acceptors (Lipinski definition) is 2. The van der Waals surface area contributed by atoms with Crippen LogP contribution in [0.4, 0.5) is 0 Å². The molecular formula is C16H25NO. The summed E-state index contributed by atoms with van der Waals surface area (Å²) in [6, 6.07) is 11.0. The van der Waals surface area contributed by atoms with E-state index in [2.05, 4.69) is 36.5 Å². The van der Waals surface area contributed by atoms with E-state index in [9.17, 15) is 5.11 Å². The molecule has 0 aromatic heterocycles. The minimum Gasteiger partial charge on any atom is -0.394 e. The summed E-state index contributed by atoms with van der Waals surface area (Å²) >= 11 is 0. The fourth-order valence-electron chi connectivity index (χ4n) is 2.94. The fraction of sp³-hybridized carbons (Fsp3) is 0.625. The van der Waals surface area contributed by atoms with Gasteiger partial charge in [0.25, 0.3) is 0 Å². The van der Waals surface area contributed by atoms with Crippen molar-refractivity contribution in [2.24, 2.45) is 0 Å². The monoisotopic (exact) mass is 247 g/mol. The van der Waals surface area contributed by atoms with Gasteiger partial charge in [0.2, 0.25) is 0 Å². The van der Waals surface area contributed by atoms with Gasteiger partial charge < -0.3 is 10.4 Å². The van der Waals surface area contributed by atoms with E-state index in [-0.39, 0.29) is 12.1 Å². The molecule has 1 unspecified atom stereocenters. The van der Waals surface area contributed by atoms with Gasteiger partial charge >= 0.3 is 0 Å². The summed E-state index contributed by atoms with van der Waals surface area (Å²) in [5, 5.41) is 13.4. The molecule has 1 aromatic rings. The average molecular weight is 247 g/mol. The molecule has 0 aliphatic heterocycles. The minimum absolute atomic E-state index is 0.191. The molecule has 1 aromatic carbocycles. The maximum atomic E-state index is 9.71. The van der Waals surface area contributed by atoms with Crippen LogP contribution in [-0.4, -0.2) is 23.3 Å². The van der Waals surface area contributed by atoms with Crippen LogP contribution < -0.4 is 5.32 Å². The van der Waals surface area contributed by atoms with Crippen LogP contribution in [0, 0.1) is 0 Å². The van der Waals surface area contributed by atoms with E-state index in [1.54, 1.807) is 0 Å². The van der Waals surface area contributed by atoms with E-state index in [0.29, 0.717) is 6.04 Å². The summed E-state index contributed by atoms with van der Waals surface area (Å²) in [5.74, 6) is 0. The van der Waals surface area contributed by atoms with Gasteiger partial charge in [-0.3, -0.25) is 0 Å². The second-order valence-corrected chi connectivity index (χ2v) is 5.86. The van der Waals surface area contributed by atoms with Crippen LogP contribution in [-0.2, 0) is 6.42 Å². The van der Waals surface area contributed by atoms with Crippen molar-refractivity contribution in [1.29, 1.82) is 0 Å². The van der Waals surface area contributed by atoms with Crippen molar-refractivity contribution in [3.63, 3.8) is 0 Å². The summed E-state index contributed by atoms with van der Waals surface area (Å²) in [5.41, 5.74) is 1.10. The van der Waals surface area contributed by atoms with E-state index in [1.165, 1.54) is 37.7 Å². The van der Waals surface area contributed by atoms with Gasteiger partial charge in [-0.1, -0.05) is 49.6 Å². The predicted molar refractivity (Wildman–Crippen MR) is 75.6 cm³/mol. The largest absolute Gasteiger partial charge is 0.394 e. The zero-order valence-electron chi connectivity index (χ0n) is 11.4. The first kappa shape index (κ1) is 13.6. The summed E-state index contributed by atoms with van der Waals surface area (Å²) in [6.07, 6.45) is 7.41. The molecule has 0 radical (unpaired) electrons. The van der Waals surface area contributed by atoms with Crippen molar-refractivity contribution >= 4 is 0 Å². The lowest BCUT2D eigenvalue weighted by Gasteiger charge is -2.35. The molecular weight excluding hydrogens is 222 g/mol. The highest BCUT2D eigenvalue weighted by atomic mass is 16.3. The van der Waals surface area contributed by atoms with Gasteiger partial charge in [-0.2, -0.15) is 0 Å². The Bertz CT molecular complexity index is 345. The van der Waals surface area contributed by atoms with Crippen LogP contribution in [0.5, 0.6) is 0 Å². The predicted octanol–water partition coefficient (Wildman–Crippen LogP) is 2.90. The van der Waals surface area contributed by atoms with E-state index in [4.69, 9.17) is 0 Å². The lowest BCUT2D eigenvalue weighted by Crippen LogP contribution is -2.52. The Morgan fingerprint density at radius 2 is 1.83 bits per heavy atom. The van der Waals surface area contributed by atoms with Gasteiger partial charge in [-0.15, -0.1) is 0 Å². The maximum Gasteiger partial charge on any atom is 0.0613 e. The number of hydrogen-bond donors (Lipinski definition) is 2. The van der Waals surface area contributed by atoms with E-state index >= 15 is 0 Å². The van der Waals surface area contributed by atoms with Crippen LogP contribution in [0.2, 0.25) is 0 Å². The van der Waals surface area contributed by atoms with E-state index < -0.39 is 0 Å². The molecule has 1 aliphatic rings. The van der Waals surface area contributed by atoms with Gasteiger partial charge in [0.15, 0.2) is 0 Å². The zero-order chi connectivity index (χ0) is 12.8. The fourth-order valence-corrected chi connectivity index (χ4v) is 2.94. The first-order chi connectivity index (χ1) is 8.72. The second-order valence-electron chi connectivity index (χ2n) is 5.86. The van der Waals surface area contributed by atoms with Crippen LogP contribution in [0.25, 0.3) is 0 Å². The molecule has 1 saturated carbocycles. The highest BCUT2D eigenvalue weighted by Gasteiger charge is 2.27. The van der Waals surface area contributed by atoms with Gasteiger partial charge in [0, 0.05) is 11.6 Å². The maximum absolute atomic E-state index is 9.71. The lowest BCUT2D eigenvalue weighted by molar-refractivity contribution is 0.150. The van der Waals surface area contributed by atoms with Gasteiger partial charge in [0.05, 0.1) is 6.61 Å². The Kier molecular flexibility index (Phi) is 4.79. The zero-order valence-corrected chi connectivity index (χ0v) is 11.4. The lowest BCUT2D eigenvalue weighted by atomic mass is 9.89. The van der Waals surface area contributed by atoms with E-state index in [1.807, 2.05) is 6.07 Å². The van der Waals surface area contributed by atoms with Crippen molar-refractivity contribution < 1.29 is 5.11 Å². The Hall–Kier alpha value is -0.860. The topological polar surface area (TPSA) is 32.3 Å². The molecule has 18 heavy (non-hydrogen) atoms. The van der Waals surface area contributed by atoms with Crippen LogP contribution in [0.15, 0.2) is 30.3 Å². The molecule has 0 saturated heterocycles. The standard InChI is InChI=1S/C16H25NO/c1-16(13-18,12-14-8-4-2-5-9-14)17-15-10-6-3-7-11-15/h2,4-5,8-9,15,17-18H,3,6-7,10-13H2,1H3. The third-order valence-electron chi connectivity index (χ3n) is 3.94. The molecule has 0 spiro atoms. The SMILES string of the molecule is CC(CO)(Cc1ccccc1)NC1CCCCC1. The Morgan fingerprint density at radius 3 is 2.44 bits per heavy atom. The van der Waals surface area contributed by atoms with Crippen LogP contribution in [0.3, 0.4) is 0 Å². The normalized spacial score (nSPS) is 20.6. The molecule has 1 fully saturated rings. The summed E-state index contributed by atoms with van der Waals surface area (Å²) in [7, 11) is 0. The van der Waals surface area contributed by atoms with E-state index in [0.717, 1.165) is 6.42 Å². The second kappa shape index (κ2) is 6.35. The van der Waals surface area contributed by atoms with Crippen molar-refractivity contribution in [3.05, 3.63) is 35.9 Å².